The van der Waals surface area contributed by atoms with Crippen LogP contribution in [0.25, 0.3) is 0 Å². The first kappa shape index (κ1) is 15.8. The normalized spacial score (nSPS) is 15.4. The molecule has 2 amide bonds. The van der Waals surface area contributed by atoms with Crippen molar-refractivity contribution in [1.82, 2.24) is 9.80 Å². The Labute approximate surface area is 130 Å². The van der Waals surface area contributed by atoms with Crippen molar-refractivity contribution in [3.8, 4) is 0 Å². The second-order valence-electron chi connectivity index (χ2n) is 5.78. The van der Waals surface area contributed by atoms with Crippen molar-refractivity contribution in [3.05, 3.63) is 34.9 Å². The van der Waals surface area contributed by atoms with Crippen LogP contribution in [-0.4, -0.2) is 47.8 Å². The molecule has 21 heavy (non-hydrogen) atoms. The first-order valence-corrected chi connectivity index (χ1v) is 7.68. The molecule has 114 valence electrons. The Morgan fingerprint density at radius 2 is 1.76 bits per heavy atom. The maximum atomic E-state index is 12.4. The first-order valence-electron chi connectivity index (χ1n) is 7.30. The summed E-state index contributed by atoms with van der Waals surface area (Å²) >= 11 is 5.92. The van der Waals surface area contributed by atoms with E-state index in [1.54, 1.807) is 29.2 Å². The average Bonchev–Trinajstić information content (AvgIpc) is 2.46. The van der Waals surface area contributed by atoms with E-state index in [1.807, 2.05) is 18.7 Å². The molecule has 1 aliphatic rings. The van der Waals surface area contributed by atoms with Crippen LogP contribution in [-0.2, 0) is 4.79 Å². The van der Waals surface area contributed by atoms with E-state index >= 15 is 0 Å². The zero-order valence-corrected chi connectivity index (χ0v) is 13.3. The standard InChI is InChI=1S/C16H21ClN2O2/c1-12(2)10-15(20)18-6-8-19(9-7-18)16(21)13-4-3-5-14(17)11-13/h3-5,11-12H,6-10H2,1-2H3. The van der Waals surface area contributed by atoms with Crippen molar-refractivity contribution in [1.29, 1.82) is 0 Å². The van der Waals surface area contributed by atoms with Gasteiger partial charge >= 0.3 is 0 Å². The van der Waals surface area contributed by atoms with Gasteiger partial charge in [0, 0.05) is 43.2 Å². The maximum absolute atomic E-state index is 12.4. The average molecular weight is 309 g/mol. The van der Waals surface area contributed by atoms with Crippen LogP contribution in [0.1, 0.15) is 30.6 Å². The molecule has 0 atom stereocenters. The van der Waals surface area contributed by atoms with Gasteiger partial charge < -0.3 is 9.80 Å². The molecule has 0 spiro atoms. The minimum Gasteiger partial charge on any atom is -0.339 e. The van der Waals surface area contributed by atoms with Crippen molar-refractivity contribution in [2.45, 2.75) is 20.3 Å². The second-order valence-corrected chi connectivity index (χ2v) is 6.22. The molecule has 5 heteroatoms. The number of carbonyl (C=O) groups is 2. The van der Waals surface area contributed by atoms with Crippen LogP contribution < -0.4 is 0 Å². The van der Waals surface area contributed by atoms with Crippen molar-refractivity contribution in [3.63, 3.8) is 0 Å². The van der Waals surface area contributed by atoms with E-state index in [1.165, 1.54) is 0 Å². The predicted octanol–water partition coefficient (Wildman–Crippen LogP) is 2.67. The third-order valence-corrected chi connectivity index (χ3v) is 3.81. The fraction of sp³-hybridized carbons (Fsp3) is 0.500. The summed E-state index contributed by atoms with van der Waals surface area (Å²) in [5, 5.41) is 0.562. The van der Waals surface area contributed by atoms with Crippen LogP contribution in [0.3, 0.4) is 0 Å². The fourth-order valence-corrected chi connectivity index (χ4v) is 2.63. The Hall–Kier alpha value is -1.55. The number of benzene rings is 1. The van der Waals surface area contributed by atoms with Gasteiger partial charge in [-0.3, -0.25) is 9.59 Å². The maximum Gasteiger partial charge on any atom is 0.254 e. The van der Waals surface area contributed by atoms with Crippen LogP contribution in [0.4, 0.5) is 0 Å². The minimum absolute atomic E-state index is 0.0199. The monoisotopic (exact) mass is 308 g/mol. The number of hydrogen-bond acceptors (Lipinski definition) is 2. The van der Waals surface area contributed by atoms with Gasteiger partial charge in [-0.1, -0.05) is 31.5 Å². The highest BCUT2D eigenvalue weighted by molar-refractivity contribution is 6.30. The zero-order valence-electron chi connectivity index (χ0n) is 12.5. The molecule has 0 aliphatic carbocycles. The van der Waals surface area contributed by atoms with Crippen LogP contribution in [0, 0.1) is 5.92 Å². The van der Waals surface area contributed by atoms with Gasteiger partial charge in [0.15, 0.2) is 0 Å². The Bertz CT molecular complexity index is 523. The first-order chi connectivity index (χ1) is 9.97. The number of hydrogen-bond donors (Lipinski definition) is 0. The molecule has 2 rings (SSSR count). The molecule has 1 saturated heterocycles. The van der Waals surface area contributed by atoms with Gasteiger partial charge in [0.25, 0.3) is 5.91 Å². The minimum atomic E-state index is -0.0199. The van der Waals surface area contributed by atoms with Crippen LogP contribution >= 0.6 is 11.6 Å². The highest BCUT2D eigenvalue weighted by Gasteiger charge is 2.25. The van der Waals surface area contributed by atoms with E-state index < -0.39 is 0 Å². The summed E-state index contributed by atoms with van der Waals surface area (Å²) in [6.07, 6.45) is 0.572. The Kier molecular flexibility index (Phi) is 5.23. The topological polar surface area (TPSA) is 40.6 Å². The van der Waals surface area contributed by atoms with Gasteiger partial charge in [-0.05, 0) is 24.1 Å². The van der Waals surface area contributed by atoms with E-state index in [2.05, 4.69) is 0 Å². The van der Waals surface area contributed by atoms with E-state index in [9.17, 15) is 9.59 Å². The van der Waals surface area contributed by atoms with Crippen molar-refractivity contribution >= 4 is 23.4 Å². The van der Waals surface area contributed by atoms with E-state index in [0.717, 1.165) is 0 Å². The summed E-state index contributed by atoms with van der Waals surface area (Å²) in [5.41, 5.74) is 0.601. The number of piperazine rings is 1. The van der Waals surface area contributed by atoms with Gasteiger partial charge in [-0.15, -0.1) is 0 Å². The smallest absolute Gasteiger partial charge is 0.254 e. The van der Waals surface area contributed by atoms with Crippen LogP contribution in [0.2, 0.25) is 5.02 Å². The molecular formula is C16H21ClN2O2. The highest BCUT2D eigenvalue weighted by Crippen LogP contribution is 2.15. The predicted molar refractivity (Wildman–Crippen MR) is 83.4 cm³/mol. The molecule has 4 nitrogen and oxygen atoms in total. The third-order valence-electron chi connectivity index (χ3n) is 3.57. The number of carbonyl (C=O) groups excluding carboxylic acids is 2. The number of rotatable bonds is 3. The lowest BCUT2D eigenvalue weighted by Gasteiger charge is -2.35. The van der Waals surface area contributed by atoms with Gasteiger partial charge in [0.1, 0.15) is 0 Å². The largest absolute Gasteiger partial charge is 0.339 e. The lowest BCUT2D eigenvalue weighted by Crippen LogP contribution is -2.50. The number of amides is 2. The molecular weight excluding hydrogens is 288 g/mol. The molecule has 0 N–H and O–H groups in total. The molecule has 1 aromatic carbocycles. The molecule has 0 unspecified atom stereocenters. The summed E-state index contributed by atoms with van der Waals surface area (Å²) in [6.45, 7) is 6.45. The van der Waals surface area contributed by atoms with Gasteiger partial charge in [0.2, 0.25) is 5.91 Å². The molecule has 0 saturated carbocycles. The highest BCUT2D eigenvalue weighted by atomic mass is 35.5. The SMILES string of the molecule is CC(C)CC(=O)N1CCN(C(=O)c2cccc(Cl)c2)CC1. The lowest BCUT2D eigenvalue weighted by molar-refractivity contribution is -0.133. The summed E-state index contributed by atoms with van der Waals surface area (Å²) < 4.78 is 0. The third kappa shape index (κ3) is 4.21. The van der Waals surface area contributed by atoms with Gasteiger partial charge in [0.05, 0.1) is 0 Å². The molecule has 1 heterocycles. The van der Waals surface area contributed by atoms with Crippen LogP contribution in [0.5, 0.6) is 0 Å². The molecule has 0 aromatic heterocycles. The summed E-state index contributed by atoms with van der Waals surface area (Å²) in [6, 6.07) is 6.98. The molecule has 0 radical (unpaired) electrons. The van der Waals surface area contributed by atoms with E-state index in [4.69, 9.17) is 11.6 Å². The second kappa shape index (κ2) is 6.94. The van der Waals surface area contributed by atoms with Crippen molar-refractivity contribution < 1.29 is 9.59 Å². The van der Waals surface area contributed by atoms with Crippen molar-refractivity contribution in [2.24, 2.45) is 5.92 Å². The van der Waals surface area contributed by atoms with Gasteiger partial charge in [-0.2, -0.15) is 0 Å². The van der Waals surface area contributed by atoms with Crippen molar-refractivity contribution in [2.75, 3.05) is 26.2 Å². The quantitative estimate of drug-likeness (QED) is 0.861. The molecule has 1 aromatic rings. The van der Waals surface area contributed by atoms with E-state index in [0.29, 0.717) is 49.1 Å². The lowest BCUT2D eigenvalue weighted by atomic mass is 10.1. The van der Waals surface area contributed by atoms with E-state index in [-0.39, 0.29) is 11.8 Å². The Balaban J connectivity index is 1.92. The fourth-order valence-electron chi connectivity index (χ4n) is 2.44. The van der Waals surface area contributed by atoms with Gasteiger partial charge in [-0.25, -0.2) is 0 Å². The van der Waals surface area contributed by atoms with Crippen LogP contribution in [0.15, 0.2) is 24.3 Å². The Morgan fingerprint density at radius 1 is 1.14 bits per heavy atom. The summed E-state index contributed by atoms with van der Waals surface area (Å²) in [4.78, 5) is 28.0. The molecule has 1 aliphatic heterocycles. The number of halogens is 1. The molecule has 1 fully saturated rings. The molecule has 0 bridgehead atoms. The zero-order chi connectivity index (χ0) is 15.4. The summed E-state index contributed by atoms with van der Waals surface area (Å²) in [5.74, 6) is 0.525. The number of nitrogens with zero attached hydrogens (tertiary/aromatic N) is 2. The Morgan fingerprint density at radius 3 is 2.33 bits per heavy atom. The summed E-state index contributed by atoms with van der Waals surface area (Å²) in [7, 11) is 0.